The number of ether oxygens (including phenoxy) is 1. The van der Waals surface area contributed by atoms with Crippen molar-refractivity contribution in [2.45, 2.75) is 12.5 Å². The highest BCUT2D eigenvalue weighted by molar-refractivity contribution is 6.30. The molecule has 1 unspecified atom stereocenters. The van der Waals surface area contributed by atoms with E-state index in [2.05, 4.69) is 21.6 Å². The molecule has 1 fully saturated rings. The summed E-state index contributed by atoms with van der Waals surface area (Å²) in [5.74, 6) is 0.784. The number of carbonyl (C=O) groups is 1. The maximum Gasteiger partial charge on any atom is 0.225 e. The Hall–Kier alpha value is -1.79. The Bertz CT molecular complexity index is 740. The second-order valence-electron chi connectivity index (χ2n) is 6.34. The van der Waals surface area contributed by atoms with Gasteiger partial charge >= 0.3 is 0 Å². The van der Waals surface area contributed by atoms with Gasteiger partial charge in [-0.3, -0.25) is 9.69 Å². The summed E-state index contributed by atoms with van der Waals surface area (Å²) in [6, 6.07) is 15.5. The van der Waals surface area contributed by atoms with Crippen molar-refractivity contribution in [1.29, 1.82) is 0 Å². The Kier molecular flexibility index (Phi) is 8.38. The highest BCUT2D eigenvalue weighted by Crippen LogP contribution is 2.25. The van der Waals surface area contributed by atoms with E-state index >= 15 is 0 Å². The predicted molar refractivity (Wildman–Crippen MR) is 112 cm³/mol. The molecule has 2 aromatic carbocycles. The van der Waals surface area contributed by atoms with Crippen molar-refractivity contribution in [2.24, 2.45) is 0 Å². The van der Waals surface area contributed by atoms with Crippen LogP contribution >= 0.6 is 24.0 Å². The van der Waals surface area contributed by atoms with Crippen LogP contribution in [0.3, 0.4) is 0 Å². The zero-order valence-corrected chi connectivity index (χ0v) is 16.9. The lowest BCUT2D eigenvalue weighted by atomic mass is 10.0. The van der Waals surface area contributed by atoms with Crippen molar-refractivity contribution < 1.29 is 9.53 Å². The van der Waals surface area contributed by atoms with Crippen LogP contribution in [-0.2, 0) is 4.79 Å². The third-order valence-corrected chi connectivity index (χ3v) is 4.82. The molecule has 0 saturated carbocycles. The van der Waals surface area contributed by atoms with Gasteiger partial charge in [-0.05, 0) is 42.0 Å². The van der Waals surface area contributed by atoms with E-state index in [-0.39, 0.29) is 24.4 Å². The van der Waals surface area contributed by atoms with E-state index in [1.165, 1.54) is 5.56 Å². The average Bonchev–Trinajstić information content (AvgIpc) is 2.67. The van der Waals surface area contributed by atoms with Crippen LogP contribution in [0.15, 0.2) is 48.5 Å². The van der Waals surface area contributed by atoms with Crippen LogP contribution in [0.4, 0.5) is 5.69 Å². The van der Waals surface area contributed by atoms with Crippen molar-refractivity contribution >= 4 is 35.6 Å². The molecule has 0 spiro atoms. The molecule has 1 saturated heterocycles. The Labute approximate surface area is 171 Å². The van der Waals surface area contributed by atoms with E-state index in [9.17, 15) is 4.79 Å². The molecule has 0 aromatic heterocycles. The van der Waals surface area contributed by atoms with Crippen LogP contribution in [0.2, 0.25) is 5.02 Å². The van der Waals surface area contributed by atoms with Crippen LogP contribution in [0, 0.1) is 0 Å². The molecule has 3 rings (SSSR count). The zero-order chi connectivity index (χ0) is 18.4. The van der Waals surface area contributed by atoms with Crippen molar-refractivity contribution in [1.82, 2.24) is 10.2 Å². The van der Waals surface area contributed by atoms with Gasteiger partial charge in [0, 0.05) is 49.4 Å². The van der Waals surface area contributed by atoms with E-state index in [4.69, 9.17) is 16.3 Å². The molecular weight excluding hydrogens is 385 g/mol. The van der Waals surface area contributed by atoms with E-state index < -0.39 is 0 Å². The fourth-order valence-electron chi connectivity index (χ4n) is 3.20. The van der Waals surface area contributed by atoms with Gasteiger partial charge < -0.3 is 15.4 Å². The van der Waals surface area contributed by atoms with Crippen LogP contribution in [-0.4, -0.2) is 44.1 Å². The molecular formula is C20H25Cl2N3O2. The van der Waals surface area contributed by atoms with Crippen LogP contribution in [0.25, 0.3) is 0 Å². The summed E-state index contributed by atoms with van der Waals surface area (Å²) in [5, 5.41) is 7.10. The monoisotopic (exact) mass is 409 g/mol. The minimum absolute atomic E-state index is 0. The van der Waals surface area contributed by atoms with Crippen molar-refractivity contribution in [2.75, 3.05) is 38.6 Å². The van der Waals surface area contributed by atoms with Gasteiger partial charge in [-0.2, -0.15) is 0 Å². The van der Waals surface area contributed by atoms with E-state index in [0.717, 1.165) is 36.1 Å². The Morgan fingerprint density at radius 1 is 1.30 bits per heavy atom. The van der Waals surface area contributed by atoms with Gasteiger partial charge in [-0.25, -0.2) is 0 Å². The number of halogens is 2. The summed E-state index contributed by atoms with van der Waals surface area (Å²) in [6.07, 6.45) is 0.448. The molecule has 1 atom stereocenters. The lowest BCUT2D eigenvalue weighted by Crippen LogP contribution is -2.46. The fourth-order valence-corrected chi connectivity index (χ4v) is 3.40. The second-order valence-corrected chi connectivity index (χ2v) is 6.77. The fraction of sp³-hybridized carbons (Fsp3) is 0.350. The predicted octanol–water partition coefficient (Wildman–Crippen LogP) is 3.75. The maximum absolute atomic E-state index is 12.3. The zero-order valence-electron chi connectivity index (χ0n) is 15.3. The molecule has 1 aliphatic heterocycles. The average molecular weight is 410 g/mol. The lowest BCUT2D eigenvalue weighted by Gasteiger charge is -2.36. The standard InChI is InChI=1S/C20H24ClN3O2.ClH/c1-26-18-7-5-17(6-8-18)23-20(25)9-11-24-12-10-22-14-19(24)15-3-2-4-16(21)13-15;/h2-8,13,19,22H,9-12,14H2,1H3,(H,23,25);1H. The summed E-state index contributed by atoms with van der Waals surface area (Å²) in [7, 11) is 1.62. The number of hydrogen-bond acceptors (Lipinski definition) is 4. The van der Waals surface area contributed by atoms with Gasteiger partial charge in [-0.1, -0.05) is 23.7 Å². The first kappa shape index (κ1) is 21.5. The summed E-state index contributed by atoms with van der Waals surface area (Å²) in [4.78, 5) is 14.6. The quantitative estimate of drug-likeness (QED) is 0.762. The number of hydrogen-bond donors (Lipinski definition) is 2. The molecule has 5 nitrogen and oxygen atoms in total. The van der Waals surface area contributed by atoms with Gasteiger partial charge in [0.15, 0.2) is 0 Å². The van der Waals surface area contributed by atoms with Crippen LogP contribution < -0.4 is 15.4 Å². The third-order valence-electron chi connectivity index (χ3n) is 4.59. The van der Waals surface area contributed by atoms with Crippen molar-refractivity contribution in [3.8, 4) is 5.75 Å². The smallest absolute Gasteiger partial charge is 0.225 e. The molecule has 7 heteroatoms. The first-order chi connectivity index (χ1) is 12.7. The lowest BCUT2D eigenvalue weighted by molar-refractivity contribution is -0.116. The Morgan fingerprint density at radius 2 is 2.07 bits per heavy atom. The van der Waals surface area contributed by atoms with E-state index in [0.29, 0.717) is 13.0 Å². The summed E-state index contributed by atoms with van der Waals surface area (Å²) < 4.78 is 5.13. The SMILES string of the molecule is COc1ccc(NC(=O)CCN2CCNCC2c2cccc(Cl)c2)cc1.Cl. The Morgan fingerprint density at radius 3 is 2.78 bits per heavy atom. The molecule has 0 bridgehead atoms. The van der Waals surface area contributed by atoms with E-state index in [1.54, 1.807) is 7.11 Å². The highest BCUT2D eigenvalue weighted by Gasteiger charge is 2.24. The molecule has 1 amide bonds. The molecule has 1 aliphatic rings. The van der Waals surface area contributed by atoms with Gasteiger partial charge in [0.25, 0.3) is 0 Å². The topological polar surface area (TPSA) is 53.6 Å². The van der Waals surface area contributed by atoms with Gasteiger partial charge in [0.2, 0.25) is 5.91 Å². The minimum Gasteiger partial charge on any atom is -0.497 e. The largest absolute Gasteiger partial charge is 0.497 e. The number of benzene rings is 2. The summed E-state index contributed by atoms with van der Waals surface area (Å²) in [6.45, 7) is 3.41. The Balaban J connectivity index is 0.00000261. The number of nitrogens with zero attached hydrogens (tertiary/aromatic N) is 1. The number of anilines is 1. The molecule has 27 heavy (non-hydrogen) atoms. The minimum atomic E-state index is 0. The number of nitrogens with one attached hydrogen (secondary N) is 2. The highest BCUT2D eigenvalue weighted by atomic mass is 35.5. The molecule has 146 valence electrons. The van der Waals surface area contributed by atoms with Crippen LogP contribution in [0.1, 0.15) is 18.0 Å². The van der Waals surface area contributed by atoms with Gasteiger partial charge in [-0.15, -0.1) is 12.4 Å². The molecule has 1 heterocycles. The number of piperazine rings is 1. The normalized spacial score (nSPS) is 17.0. The van der Waals surface area contributed by atoms with Gasteiger partial charge in [0.05, 0.1) is 7.11 Å². The number of amides is 1. The molecule has 0 radical (unpaired) electrons. The van der Waals surface area contributed by atoms with Crippen LogP contribution in [0.5, 0.6) is 5.75 Å². The third kappa shape index (κ3) is 6.11. The number of methoxy groups -OCH3 is 1. The van der Waals surface area contributed by atoms with Gasteiger partial charge in [0.1, 0.15) is 5.75 Å². The first-order valence-corrected chi connectivity index (χ1v) is 9.17. The molecule has 0 aliphatic carbocycles. The molecule has 2 N–H and O–H groups in total. The van der Waals surface area contributed by atoms with Crippen molar-refractivity contribution in [3.63, 3.8) is 0 Å². The van der Waals surface area contributed by atoms with Crippen molar-refractivity contribution in [3.05, 3.63) is 59.1 Å². The summed E-state index contributed by atoms with van der Waals surface area (Å²) in [5.41, 5.74) is 1.96. The number of carbonyl (C=O) groups excluding carboxylic acids is 1. The van der Waals surface area contributed by atoms with E-state index in [1.807, 2.05) is 42.5 Å². The second kappa shape index (κ2) is 10.5. The molecule has 2 aromatic rings. The maximum atomic E-state index is 12.3. The summed E-state index contributed by atoms with van der Waals surface area (Å²) >= 11 is 6.14. The first-order valence-electron chi connectivity index (χ1n) is 8.80. The number of rotatable bonds is 6.